The normalized spacial score (nSPS) is 11.6. The predicted molar refractivity (Wildman–Crippen MR) is 121 cm³/mol. The molecule has 0 bridgehead atoms. The van der Waals surface area contributed by atoms with Crippen LogP contribution in [0.1, 0.15) is 37.8 Å². The Bertz CT molecular complexity index is 873. The van der Waals surface area contributed by atoms with E-state index in [1.165, 1.54) is 0 Å². The molecule has 2 aromatic rings. The van der Waals surface area contributed by atoms with Crippen molar-refractivity contribution in [2.75, 3.05) is 13.7 Å². The number of carbonyl (C=O) groups is 2. The van der Waals surface area contributed by atoms with Gasteiger partial charge >= 0.3 is 0 Å². The van der Waals surface area contributed by atoms with Crippen LogP contribution in [0.2, 0.25) is 10.0 Å². The molecule has 0 spiro atoms. The van der Waals surface area contributed by atoms with Gasteiger partial charge in [0.2, 0.25) is 11.8 Å². The average molecular weight is 451 g/mol. The van der Waals surface area contributed by atoms with Gasteiger partial charge in [-0.3, -0.25) is 9.59 Å². The number of carbonyl (C=O) groups excluding carboxylic acids is 2. The smallest absolute Gasteiger partial charge is 0.242 e. The minimum absolute atomic E-state index is 0.118. The summed E-state index contributed by atoms with van der Waals surface area (Å²) in [7, 11) is 1.59. The molecule has 30 heavy (non-hydrogen) atoms. The lowest BCUT2D eigenvalue weighted by Gasteiger charge is -2.29. The molecule has 2 amide bonds. The third-order valence-electron chi connectivity index (χ3n) is 4.82. The summed E-state index contributed by atoms with van der Waals surface area (Å²) < 4.78 is 5.28. The maximum atomic E-state index is 13.2. The van der Waals surface area contributed by atoms with Gasteiger partial charge in [-0.25, -0.2) is 0 Å². The Kier molecular flexibility index (Phi) is 9.47. The molecule has 7 heteroatoms. The Labute approximate surface area is 188 Å². The van der Waals surface area contributed by atoms with E-state index >= 15 is 0 Å². The SMILES string of the molecule is CCCCNC(=O)[C@H](C)N(Cc1cccc(OC)c1)C(=O)Cc1ccc(Cl)c(Cl)c1. The number of nitrogens with zero attached hydrogens (tertiary/aromatic N) is 1. The highest BCUT2D eigenvalue weighted by Gasteiger charge is 2.26. The summed E-state index contributed by atoms with van der Waals surface area (Å²) in [4.78, 5) is 27.4. The molecule has 0 saturated carbocycles. The Morgan fingerprint density at radius 3 is 2.53 bits per heavy atom. The predicted octanol–water partition coefficient (Wildman–Crippen LogP) is 4.88. The van der Waals surface area contributed by atoms with Gasteiger partial charge in [-0.2, -0.15) is 0 Å². The lowest BCUT2D eigenvalue weighted by atomic mass is 10.1. The van der Waals surface area contributed by atoms with Crippen LogP contribution in [0.4, 0.5) is 0 Å². The minimum Gasteiger partial charge on any atom is -0.497 e. The van der Waals surface area contributed by atoms with Crippen LogP contribution in [-0.4, -0.2) is 36.4 Å². The molecule has 2 aromatic carbocycles. The Hall–Kier alpha value is -2.24. The summed E-state index contributed by atoms with van der Waals surface area (Å²) in [5.41, 5.74) is 1.62. The number of ether oxygens (including phenoxy) is 1. The van der Waals surface area contributed by atoms with E-state index in [0.29, 0.717) is 28.9 Å². The van der Waals surface area contributed by atoms with E-state index in [2.05, 4.69) is 12.2 Å². The van der Waals surface area contributed by atoms with Gasteiger partial charge in [0.1, 0.15) is 11.8 Å². The molecule has 0 radical (unpaired) electrons. The van der Waals surface area contributed by atoms with E-state index in [-0.39, 0.29) is 18.2 Å². The van der Waals surface area contributed by atoms with Crippen LogP contribution >= 0.6 is 23.2 Å². The molecule has 2 rings (SSSR count). The number of methoxy groups -OCH3 is 1. The first-order valence-corrected chi connectivity index (χ1v) is 10.7. The van der Waals surface area contributed by atoms with Gasteiger partial charge in [-0.15, -0.1) is 0 Å². The Balaban J connectivity index is 2.22. The van der Waals surface area contributed by atoms with Crippen LogP contribution < -0.4 is 10.1 Å². The van der Waals surface area contributed by atoms with Crippen molar-refractivity contribution in [3.05, 3.63) is 63.6 Å². The van der Waals surface area contributed by atoms with Gasteiger partial charge < -0.3 is 15.0 Å². The topological polar surface area (TPSA) is 58.6 Å². The maximum Gasteiger partial charge on any atom is 0.242 e. The van der Waals surface area contributed by atoms with Gasteiger partial charge in [-0.05, 0) is 48.7 Å². The van der Waals surface area contributed by atoms with Crippen molar-refractivity contribution in [1.29, 1.82) is 0 Å². The van der Waals surface area contributed by atoms with E-state index in [1.54, 1.807) is 37.1 Å². The molecule has 0 aromatic heterocycles. The number of unbranched alkanes of at least 4 members (excludes halogenated alkanes) is 1. The number of hydrogen-bond acceptors (Lipinski definition) is 3. The van der Waals surface area contributed by atoms with Gasteiger partial charge in [0.15, 0.2) is 0 Å². The fourth-order valence-electron chi connectivity index (χ4n) is 3.01. The number of hydrogen-bond donors (Lipinski definition) is 1. The summed E-state index contributed by atoms with van der Waals surface area (Å²) in [5, 5.41) is 3.74. The van der Waals surface area contributed by atoms with E-state index in [9.17, 15) is 9.59 Å². The van der Waals surface area contributed by atoms with Gasteiger partial charge in [0, 0.05) is 13.1 Å². The highest BCUT2D eigenvalue weighted by atomic mass is 35.5. The first kappa shape index (κ1) is 24.0. The molecular formula is C23H28Cl2N2O3. The molecule has 0 aliphatic heterocycles. The highest BCUT2D eigenvalue weighted by molar-refractivity contribution is 6.42. The number of amides is 2. The van der Waals surface area contributed by atoms with Crippen molar-refractivity contribution in [2.45, 2.75) is 45.7 Å². The molecular weight excluding hydrogens is 423 g/mol. The van der Waals surface area contributed by atoms with Crippen molar-refractivity contribution in [3.8, 4) is 5.75 Å². The quantitative estimate of drug-likeness (QED) is 0.524. The maximum absolute atomic E-state index is 13.2. The van der Waals surface area contributed by atoms with E-state index in [0.717, 1.165) is 24.0 Å². The van der Waals surface area contributed by atoms with Crippen molar-refractivity contribution < 1.29 is 14.3 Å². The first-order chi connectivity index (χ1) is 14.3. The van der Waals surface area contributed by atoms with Crippen LogP contribution in [0.15, 0.2) is 42.5 Å². The third kappa shape index (κ3) is 6.92. The average Bonchev–Trinajstić information content (AvgIpc) is 2.74. The molecule has 1 N–H and O–H groups in total. The lowest BCUT2D eigenvalue weighted by Crippen LogP contribution is -2.48. The fraction of sp³-hybridized carbons (Fsp3) is 0.391. The highest BCUT2D eigenvalue weighted by Crippen LogP contribution is 2.23. The zero-order valence-electron chi connectivity index (χ0n) is 17.6. The molecule has 0 unspecified atom stereocenters. The van der Waals surface area contributed by atoms with Gasteiger partial charge in [0.05, 0.1) is 23.6 Å². The third-order valence-corrected chi connectivity index (χ3v) is 5.56. The van der Waals surface area contributed by atoms with Crippen molar-refractivity contribution in [1.82, 2.24) is 10.2 Å². The lowest BCUT2D eigenvalue weighted by molar-refractivity contribution is -0.140. The largest absolute Gasteiger partial charge is 0.497 e. The van der Waals surface area contributed by atoms with Crippen molar-refractivity contribution in [3.63, 3.8) is 0 Å². The Morgan fingerprint density at radius 1 is 1.10 bits per heavy atom. The monoisotopic (exact) mass is 450 g/mol. The second-order valence-corrected chi connectivity index (χ2v) is 7.93. The van der Waals surface area contributed by atoms with Crippen LogP contribution in [0.3, 0.4) is 0 Å². The summed E-state index contributed by atoms with van der Waals surface area (Å²) in [6.45, 7) is 4.69. The Morgan fingerprint density at radius 2 is 1.87 bits per heavy atom. The van der Waals surface area contributed by atoms with Gasteiger partial charge in [0.25, 0.3) is 0 Å². The van der Waals surface area contributed by atoms with E-state index in [4.69, 9.17) is 27.9 Å². The molecule has 0 aliphatic carbocycles. The number of benzene rings is 2. The molecule has 0 heterocycles. The van der Waals surface area contributed by atoms with Crippen LogP contribution in [-0.2, 0) is 22.6 Å². The summed E-state index contributed by atoms with van der Waals surface area (Å²) >= 11 is 12.1. The standard InChI is InChI=1S/C23H28Cl2N2O3/c1-4-5-11-26-23(29)16(2)27(15-18-7-6-8-19(12-18)30-3)22(28)14-17-9-10-20(24)21(25)13-17/h6-10,12-13,16H,4-5,11,14-15H2,1-3H3,(H,26,29)/t16-/m0/s1. The summed E-state index contributed by atoms with van der Waals surface area (Å²) in [6, 6.07) is 12.0. The zero-order chi connectivity index (χ0) is 22.1. The van der Waals surface area contributed by atoms with E-state index in [1.807, 2.05) is 24.3 Å². The minimum atomic E-state index is -0.622. The van der Waals surface area contributed by atoms with E-state index < -0.39 is 6.04 Å². The van der Waals surface area contributed by atoms with Gasteiger partial charge in [-0.1, -0.05) is 54.7 Å². The summed E-state index contributed by atoms with van der Waals surface area (Å²) in [5.74, 6) is 0.354. The first-order valence-electron chi connectivity index (χ1n) is 9.99. The number of halogens is 2. The van der Waals surface area contributed by atoms with Crippen LogP contribution in [0, 0.1) is 0 Å². The van der Waals surface area contributed by atoms with Crippen molar-refractivity contribution in [2.24, 2.45) is 0 Å². The number of nitrogens with one attached hydrogen (secondary N) is 1. The molecule has 162 valence electrons. The second kappa shape index (κ2) is 11.8. The molecule has 5 nitrogen and oxygen atoms in total. The fourth-order valence-corrected chi connectivity index (χ4v) is 3.33. The van der Waals surface area contributed by atoms with Crippen molar-refractivity contribution >= 4 is 35.0 Å². The molecule has 0 aliphatic rings. The number of rotatable bonds is 10. The molecule has 0 saturated heterocycles. The van der Waals surface area contributed by atoms with Crippen LogP contribution in [0.25, 0.3) is 0 Å². The summed E-state index contributed by atoms with van der Waals surface area (Å²) in [6.07, 6.45) is 2.00. The second-order valence-electron chi connectivity index (χ2n) is 7.12. The van der Waals surface area contributed by atoms with Crippen LogP contribution in [0.5, 0.6) is 5.75 Å². The zero-order valence-corrected chi connectivity index (χ0v) is 19.1. The molecule has 1 atom stereocenters. The molecule has 0 fully saturated rings.